The van der Waals surface area contributed by atoms with Crippen LogP contribution in [0.5, 0.6) is 0 Å². The van der Waals surface area contributed by atoms with E-state index in [-0.39, 0.29) is 17.1 Å². The van der Waals surface area contributed by atoms with Crippen LogP contribution in [0, 0.1) is 5.92 Å². The van der Waals surface area contributed by atoms with Gasteiger partial charge >= 0.3 is 0 Å². The summed E-state index contributed by atoms with van der Waals surface area (Å²) in [7, 11) is -4.75. The zero-order chi connectivity index (χ0) is 27.1. The minimum absolute atomic E-state index is 0.0748. The maximum atomic E-state index is 12.0. The first kappa shape index (κ1) is 30.7. The van der Waals surface area contributed by atoms with Gasteiger partial charge in [0.2, 0.25) is 8.32 Å². The molecule has 3 nitrogen and oxygen atoms in total. The first-order valence-corrected chi connectivity index (χ1v) is 17.8. The van der Waals surface area contributed by atoms with Crippen LogP contribution in [0.3, 0.4) is 0 Å². The molecule has 0 heterocycles. The molecule has 0 N–H and O–H groups in total. The topological polar surface area (TPSA) is 35.5 Å². The van der Waals surface area contributed by atoms with Crippen LogP contribution in [-0.2, 0) is 13.6 Å². The first-order valence-electron chi connectivity index (χ1n) is 13.7. The van der Waals surface area contributed by atoms with Gasteiger partial charge in [-0.15, -0.1) is 0 Å². The molecule has 0 saturated carbocycles. The summed E-state index contributed by atoms with van der Waals surface area (Å²) in [6.07, 6.45) is 1.64. The normalized spacial score (nSPS) is 14.9. The summed E-state index contributed by atoms with van der Waals surface area (Å²) >= 11 is 0. The van der Waals surface area contributed by atoms with E-state index in [1.54, 1.807) is 0 Å². The quantitative estimate of drug-likeness (QED) is 0.202. The summed E-state index contributed by atoms with van der Waals surface area (Å²) in [5.41, 5.74) is 1.41. The average molecular weight is 527 g/mol. The summed E-state index contributed by atoms with van der Waals surface area (Å²) < 4.78 is 14.3. The molecule has 0 aromatic heterocycles. The molecule has 2 aromatic rings. The molecule has 0 spiro atoms. The lowest BCUT2D eigenvalue weighted by atomic mass is 10.0. The summed E-state index contributed by atoms with van der Waals surface area (Å²) in [4.78, 5) is 12.0. The van der Waals surface area contributed by atoms with E-state index in [0.29, 0.717) is 29.7 Å². The number of carbonyl (C=O) groups excluding carboxylic acids is 1. The molecule has 2 rings (SSSR count). The van der Waals surface area contributed by atoms with E-state index < -0.39 is 16.6 Å². The molecule has 0 aliphatic rings. The molecule has 2 atom stereocenters. The zero-order valence-corrected chi connectivity index (χ0v) is 26.4. The predicted octanol–water partition coefficient (Wildman–Crippen LogP) is 7.35. The van der Waals surface area contributed by atoms with Gasteiger partial charge in [0.15, 0.2) is 0 Å². The van der Waals surface area contributed by atoms with Gasteiger partial charge < -0.3 is 13.6 Å². The van der Waals surface area contributed by atoms with Crippen molar-refractivity contribution in [1.29, 1.82) is 0 Å². The predicted molar refractivity (Wildman–Crippen MR) is 159 cm³/mol. The van der Waals surface area contributed by atoms with Gasteiger partial charge in [0.05, 0.1) is 6.10 Å². The Morgan fingerprint density at radius 2 is 1.17 bits per heavy atom. The monoisotopic (exact) mass is 526 g/mol. The number of rotatable bonds is 13. The minimum atomic E-state index is -2.62. The third-order valence-corrected chi connectivity index (χ3v) is 19.2. The molecule has 0 saturated heterocycles. The van der Waals surface area contributed by atoms with Crippen molar-refractivity contribution < 1.29 is 13.6 Å². The molecule has 0 fully saturated rings. The van der Waals surface area contributed by atoms with Crippen molar-refractivity contribution in [3.8, 4) is 0 Å². The van der Waals surface area contributed by atoms with Gasteiger partial charge in [-0.1, -0.05) is 130 Å². The Morgan fingerprint density at radius 1 is 0.750 bits per heavy atom. The molecule has 0 bridgehead atoms. The van der Waals surface area contributed by atoms with Gasteiger partial charge in [-0.2, -0.15) is 0 Å². The largest absolute Gasteiger partial charge is 0.412 e. The molecule has 0 amide bonds. The van der Waals surface area contributed by atoms with Crippen molar-refractivity contribution in [2.45, 2.75) is 103 Å². The van der Waals surface area contributed by atoms with Crippen LogP contribution in [-0.4, -0.2) is 35.6 Å². The second-order valence-electron chi connectivity index (χ2n) is 12.3. The molecule has 200 valence electrons. The number of aldehydes is 1. The van der Waals surface area contributed by atoms with Gasteiger partial charge in [0, 0.05) is 12.5 Å². The summed E-state index contributed by atoms with van der Waals surface area (Å²) in [5, 5.41) is 2.48. The lowest BCUT2D eigenvalue weighted by Gasteiger charge is -2.46. The highest BCUT2D eigenvalue weighted by Gasteiger charge is 2.51. The van der Waals surface area contributed by atoms with Crippen LogP contribution in [0.4, 0.5) is 0 Å². The van der Waals surface area contributed by atoms with Crippen molar-refractivity contribution in [2.75, 3.05) is 6.61 Å². The Kier molecular flexibility index (Phi) is 10.9. The maximum absolute atomic E-state index is 12.0. The van der Waals surface area contributed by atoms with E-state index in [1.807, 2.05) is 6.92 Å². The Bertz CT molecular complexity index is 859. The van der Waals surface area contributed by atoms with Gasteiger partial charge in [0.1, 0.15) is 6.29 Å². The maximum Gasteiger partial charge on any atom is 0.261 e. The van der Waals surface area contributed by atoms with E-state index in [0.717, 1.165) is 6.29 Å². The smallest absolute Gasteiger partial charge is 0.261 e. The molecule has 0 aliphatic carbocycles. The zero-order valence-electron chi connectivity index (χ0n) is 24.4. The molecular formula is C31H50O3Si2. The highest BCUT2D eigenvalue weighted by molar-refractivity contribution is 6.99. The van der Waals surface area contributed by atoms with E-state index in [1.165, 1.54) is 10.4 Å². The third-order valence-electron chi connectivity index (χ3n) is 8.00. The number of benzene rings is 2. The van der Waals surface area contributed by atoms with Crippen molar-refractivity contribution in [2.24, 2.45) is 5.92 Å². The Hall–Kier alpha value is -1.54. The second kappa shape index (κ2) is 12.8. The number of hydrogen-bond acceptors (Lipinski definition) is 3. The van der Waals surface area contributed by atoms with Gasteiger partial charge in [-0.25, -0.2) is 0 Å². The number of carbonyl (C=O) groups is 1. The molecule has 0 aliphatic heterocycles. The molecule has 2 aromatic carbocycles. The molecule has 5 heteroatoms. The van der Waals surface area contributed by atoms with Crippen molar-refractivity contribution in [1.82, 2.24) is 0 Å². The lowest BCUT2D eigenvalue weighted by Crippen LogP contribution is -2.66. The summed E-state index contributed by atoms with van der Waals surface area (Å²) in [6, 6.07) is 21.5. The van der Waals surface area contributed by atoms with E-state index in [4.69, 9.17) is 8.85 Å². The summed E-state index contributed by atoms with van der Waals surface area (Å²) in [6.45, 7) is 23.3. The molecular weight excluding hydrogens is 477 g/mol. The first-order chi connectivity index (χ1) is 16.8. The van der Waals surface area contributed by atoms with Crippen LogP contribution in [0.1, 0.15) is 75.7 Å². The van der Waals surface area contributed by atoms with Crippen LogP contribution in [0.25, 0.3) is 0 Å². The second-order valence-corrected chi connectivity index (χ2v) is 22.0. The van der Waals surface area contributed by atoms with Gasteiger partial charge in [-0.3, -0.25) is 0 Å². The van der Waals surface area contributed by atoms with Crippen LogP contribution in [0.15, 0.2) is 60.7 Å². The van der Waals surface area contributed by atoms with E-state index >= 15 is 0 Å². The fraction of sp³-hybridized carbons (Fsp3) is 0.581. The van der Waals surface area contributed by atoms with Crippen molar-refractivity contribution >= 4 is 33.3 Å². The van der Waals surface area contributed by atoms with E-state index in [2.05, 4.69) is 123 Å². The Morgan fingerprint density at radius 3 is 1.50 bits per heavy atom. The standard InChI is InChI=1S/C31H50O3Si2/c1-24(2)35(25(3)4,26(5)6)34-30(27(7)23-32)21-22-33-36(31(8,9)10,28-17-13-11-14-18-28)29-19-15-12-16-20-29/h11-20,23-27,30H,21-22H2,1-10H3/t27-,30-/m1/s1. The van der Waals surface area contributed by atoms with Gasteiger partial charge in [-0.05, 0) is 38.5 Å². The minimum Gasteiger partial charge on any atom is -0.412 e. The fourth-order valence-corrected chi connectivity index (χ4v) is 16.5. The van der Waals surface area contributed by atoms with Crippen LogP contribution < -0.4 is 10.4 Å². The lowest BCUT2D eigenvalue weighted by molar-refractivity contribution is -0.113. The number of hydrogen-bond donors (Lipinski definition) is 0. The third kappa shape index (κ3) is 6.29. The Balaban J connectivity index is 2.46. The van der Waals surface area contributed by atoms with E-state index in [9.17, 15) is 4.79 Å². The molecule has 36 heavy (non-hydrogen) atoms. The fourth-order valence-electron chi connectivity index (χ4n) is 6.28. The molecule has 0 unspecified atom stereocenters. The van der Waals surface area contributed by atoms with Crippen molar-refractivity contribution in [3.63, 3.8) is 0 Å². The van der Waals surface area contributed by atoms with Crippen LogP contribution in [0.2, 0.25) is 21.7 Å². The van der Waals surface area contributed by atoms with Crippen LogP contribution >= 0.6 is 0 Å². The highest BCUT2D eigenvalue weighted by atomic mass is 28.4. The SMILES string of the molecule is CC(C)[Si](O[C@H](CCO[Si](c1ccccc1)(c1ccccc1)C(C)(C)C)[C@H](C)C=O)(C(C)C)C(C)C. The Labute approximate surface area is 223 Å². The van der Waals surface area contributed by atoms with Crippen molar-refractivity contribution in [3.05, 3.63) is 60.7 Å². The molecule has 0 radical (unpaired) electrons. The average Bonchev–Trinajstić information content (AvgIpc) is 2.83. The summed E-state index contributed by atoms with van der Waals surface area (Å²) in [5.74, 6) is -0.170. The van der Waals surface area contributed by atoms with Gasteiger partial charge in [0.25, 0.3) is 8.32 Å². The highest BCUT2D eigenvalue weighted by Crippen LogP contribution is 2.44.